The van der Waals surface area contributed by atoms with Crippen molar-refractivity contribution in [3.05, 3.63) is 47.9 Å². The van der Waals surface area contributed by atoms with Crippen LogP contribution >= 0.6 is 0 Å². The minimum atomic E-state index is 0. The first-order valence-corrected chi connectivity index (χ1v) is 8.64. The number of aromatic amines is 2. The van der Waals surface area contributed by atoms with Crippen molar-refractivity contribution in [3.8, 4) is 12.3 Å². The Balaban J connectivity index is 0.00000120. The van der Waals surface area contributed by atoms with Crippen LogP contribution in [0, 0.1) is 12.3 Å². The molecule has 1 saturated carbocycles. The van der Waals surface area contributed by atoms with Crippen LogP contribution in [0.3, 0.4) is 0 Å². The summed E-state index contributed by atoms with van der Waals surface area (Å²) in [5, 5.41) is 21.7. The monoisotopic (exact) mass is 364 g/mol. The molecule has 0 amide bonds. The van der Waals surface area contributed by atoms with Gasteiger partial charge in [0.05, 0.1) is 23.5 Å². The number of nitrogens with zero attached hydrogens (tertiary/aromatic N) is 4. The topological polar surface area (TPSA) is 107 Å². The highest BCUT2D eigenvalue weighted by Crippen LogP contribution is 2.39. The van der Waals surface area contributed by atoms with E-state index in [0.29, 0.717) is 29.1 Å². The molecule has 0 spiro atoms. The number of hydrogen-bond acceptors (Lipinski definition) is 6. The number of H-pyrrole nitrogens is 2. The highest BCUT2D eigenvalue weighted by Gasteiger charge is 2.25. The fraction of sp³-hybridized carbons (Fsp3) is 0.158. The van der Waals surface area contributed by atoms with E-state index >= 15 is 0 Å². The second-order valence-corrected chi connectivity index (χ2v) is 6.51. The van der Waals surface area contributed by atoms with E-state index in [1.165, 1.54) is 12.8 Å². The summed E-state index contributed by atoms with van der Waals surface area (Å²) in [5.74, 6) is 4.87. The third kappa shape index (κ3) is 3.06. The predicted molar refractivity (Wildman–Crippen MR) is 112 cm³/mol. The molecular formula is C19H24N8. The van der Waals surface area contributed by atoms with Gasteiger partial charge in [-0.05, 0) is 31.0 Å². The van der Waals surface area contributed by atoms with Gasteiger partial charge < -0.3 is 10.6 Å². The molecule has 0 aliphatic heterocycles. The minimum absolute atomic E-state index is 0. The molecule has 140 valence electrons. The Labute approximate surface area is 160 Å². The lowest BCUT2D eigenvalue weighted by atomic mass is 10.2. The van der Waals surface area contributed by atoms with Gasteiger partial charge in [0, 0.05) is 34.5 Å². The van der Waals surface area contributed by atoms with E-state index in [4.69, 9.17) is 6.42 Å². The zero-order valence-electron chi connectivity index (χ0n) is 14.3. The van der Waals surface area contributed by atoms with Gasteiger partial charge in [0.15, 0.2) is 11.6 Å². The van der Waals surface area contributed by atoms with Gasteiger partial charge >= 0.3 is 0 Å². The number of fused-ring (bicyclic) bond motifs is 1. The van der Waals surface area contributed by atoms with Crippen molar-refractivity contribution in [1.29, 1.82) is 0 Å². The average molecular weight is 364 g/mol. The second-order valence-electron chi connectivity index (χ2n) is 6.51. The second kappa shape index (κ2) is 6.14. The molecule has 3 heterocycles. The summed E-state index contributed by atoms with van der Waals surface area (Å²) < 4.78 is 0. The Morgan fingerprint density at radius 1 is 1.15 bits per heavy atom. The SMILES string of the molecule is C#Cc1cnc(Nc2ccc3[nH]ncc3c2)nc1Nc1cc(C2CC2)[nH]n1.[HH].[HH].[HH].[HH]. The van der Waals surface area contributed by atoms with Crippen molar-refractivity contribution in [2.75, 3.05) is 10.6 Å². The summed E-state index contributed by atoms with van der Waals surface area (Å²) in [6.45, 7) is 0. The molecule has 0 saturated heterocycles. The van der Waals surface area contributed by atoms with Crippen LogP contribution in [-0.4, -0.2) is 30.4 Å². The summed E-state index contributed by atoms with van der Waals surface area (Å²) in [6, 6.07) is 7.85. The lowest BCUT2D eigenvalue weighted by Crippen LogP contribution is -2.03. The van der Waals surface area contributed by atoms with Crippen molar-refractivity contribution >= 4 is 34.2 Å². The maximum Gasteiger partial charge on any atom is 0.229 e. The molecule has 0 radical (unpaired) electrons. The number of terminal acetylenes is 1. The smallest absolute Gasteiger partial charge is 0.229 e. The molecule has 8 heteroatoms. The van der Waals surface area contributed by atoms with Crippen molar-refractivity contribution in [1.82, 2.24) is 30.4 Å². The third-order valence-corrected chi connectivity index (χ3v) is 4.50. The largest absolute Gasteiger partial charge is 0.324 e. The molecule has 4 N–H and O–H groups in total. The minimum Gasteiger partial charge on any atom is -0.324 e. The summed E-state index contributed by atoms with van der Waals surface area (Å²) in [7, 11) is 0. The molecule has 4 aromatic rings. The standard InChI is InChI=1S/C19H16N8.4H2/c1-2-11-9-20-19(22-14-5-6-15-13(7-14)10-21-25-15)24-18(11)23-17-8-16(26-27-17)12-3-4-12;;;;/h1,5-10,12H,3-4H2,(H,21,25)(H3,20,22,23,24,26,27);4*1H. The molecule has 0 unspecified atom stereocenters. The Kier molecular flexibility index (Phi) is 3.50. The van der Waals surface area contributed by atoms with Crippen molar-refractivity contribution in [2.24, 2.45) is 0 Å². The van der Waals surface area contributed by atoms with Crippen molar-refractivity contribution in [3.63, 3.8) is 0 Å². The first kappa shape index (κ1) is 15.4. The molecule has 0 bridgehead atoms. The molecule has 1 fully saturated rings. The molecule has 5 rings (SSSR count). The Morgan fingerprint density at radius 2 is 2.07 bits per heavy atom. The van der Waals surface area contributed by atoms with Crippen LogP contribution in [0.15, 0.2) is 36.7 Å². The fourth-order valence-corrected chi connectivity index (χ4v) is 2.92. The fourth-order valence-electron chi connectivity index (χ4n) is 2.92. The van der Waals surface area contributed by atoms with Crippen LogP contribution in [0.1, 0.15) is 35.7 Å². The first-order chi connectivity index (χ1) is 13.3. The summed E-state index contributed by atoms with van der Waals surface area (Å²) >= 11 is 0. The van der Waals surface area contributed by atoms with Gasteiger partial charge in [0.1, 0.15) is 0 Å². The normalized spacial score (nSPS) is 13.4. The van der Waals surface area contributed by atoms with Crippen LogP contribution in [0.25, 0.3) is 10.9 Å². The van der Waals surface area contributed by atoms with Gasteiger partial charge in [0.25, 0.3) is 0 Å². The van der Waals surface area contributed by atoms with Gasteiger partial charge in [-0.15, -0.1) is 6.42 Å². The zero-order valence-corrected chi connectivity index (χ0v) is 14.3. The number of hydrogen-bond donors (Lipinski definition) is 4. The molecule has 1 aromatic carbocycles. The maximum atomic E-state index is 5.59. The molecule has 1 aliphatic carbocycles. The van der Waals surface area contributed by atoms with Crippen LogP contribution in [0.5, 0.6) is 0 Å². The van der Waals surface area contributed by atoms with Gasteiger partial charge in [-0.25, -0.2) is 4.98 Å². The molecule has 27 heavy (non-hydrogen) atoms. The van der Waals surface area contributed by atoms with Crippen molar-refractivity contribution < 1.29 is 5.71 Å². The van der Waals surface area contributed by atoms with Gasteiger partial charge in [-0.3, -0.25) is 10.2 Å². The number of benzene rings is 1. The quantitative estimate of drug-likeness (QED) is 0.391. The number of nitrogens with one attached hydrogen (secondary N) is 4. The highest BCUT2D eigenvalue weighted by molar-refractivity contribution is 5.82. The highest BCUT2D eigenvalue weighted by atomic mass is 15.2. The van der Waals surface area contributed by atoms with Gasteiger partial charge in [-0.2, -0.15) is 15.2 Å². The van der Waals surface area contributed by atoms with E-state index in [0.717, 1.165) is 22.3 Å². The molecule has 0 atom stereocenters. The van der Waals surface area contributed by atoms with Crippen LogP contribution in [0.4, 0.5) is 23.3 Å². The summed E-state index contributed by atoms with van der Waals surface area (Å²) in [6.07, 6.45) is 11.4. The summed E-state index contributed by atoms with van der Waals surface area (Å²) in [4.78, 5) is 8.82. The molecule has 1 aliphatic rings. The third-order valence-electron chi connectivity index (χ3n) is 4.50. The lowest BCUT2D eigenvalue weighted by Gasteiger charge is -2.09. The molecule has 3 aromatic heterocycles. The van der Waals surface area contributed by atoms with Crippen LogP contribution in [-0.2, 0) is 0 Å². The van der Waals surface area contributed by atoms with E-state index in [1.807, 2.05) is 24.3 Å². The Hall–Kier alpha value is -3.86. The van der Waals surface area contributed by atoms with E-state index in [2.05, 4.69) is 46.9 Å². The Morgan fingerprint density at radius 3 is 2.93 bits per heavy atom. The van der Waals surface area contributed by atoms with E-state index in [-0.39, 0.29) is 5.71 Å². The molecular weight excluding hydrogens is 340 g/mol. The predicted octanol–water partition coefficient (Wildman–Crippen LogP) is 4.41. The van der Waals surface area contributed by atoms with Gasteiger partial charge in [-0.1, -0.05) is 5.92 Å². The first-order valence-electron chi connectivity index (χ1n) is 8.64. The van der Waals surface area contributed by atoms with Crippen LogP contribution < -0.4 is 10.6 Å². The van der Waals surface area contributed by atoms with E-state index in [9.17, 15) is 0 Å². The zero-order chi connectivity index (χ0) is 18.2. The summed E-state index contributed by atoms with van der Waals surface area (Å²) in [5.41, 5.74) is 3.54. The van der Waals surface area contributed by atoms with E-state index in [1.54, 1.807) is 12.4 Å². The number of aromatic nitrogens is 6. The van der Waals surface area contributed by atoms with Crippen LogP contribution in [0.2, 0.25) is 0 Å². The maximum absolute atomic E-state index is 5.59. The average Bonchev–Trinajstić information content (AvgIpc) is 3.24. The Bertz CT molecular complexity index is 1180. The molecule has 8 nitrogen and oxygen atoms in total. The number of rotatable bonds is 5. The lowest BCUT2D eigenvalue weighted by molar-refractivity contribution is 0.966. The van der Waals surface area contributed by atoms with Crippen molar-refractivity contribution in [2.45, 2.75) is 18.8 Å². The number of anilines is 4. The van der Waals surface area contributed by atoms with Gasteiger partial charge in [0.2, 0.25) is 5.95 Å². The van der Waals surface area contributed by atoms with E-state index < -0.39 is 0 Å².